The van der Waals surface area contributed by atoms with Gasteiger partial charge in [0.05, 0.1) is 13.2 Å². The van der Waals surface area contributed by atoms with Crippen LogP contribution in [0.15, 0.2) is 47.5 Å². The average molecular weight is 437 g/mol. The summed E-state index contributed by atoms with van der Waals surface area (Å²) in [6.45, 7) is 7.93. The maximum absolute atomic E-state index is 12.3. The van der Waals surface area contributed by atoms with E-state index in [0.717, 1.165) is 30.8 Å². The minimum atomic E-state index is -0.294. The molecule has 2 aromatic rings. The highest BCUT2D eigenvalue weighted by Gasteiger charge is 2.25. The zero-order valence-corrected chi connectivity index (χ0v) is 19.0. The smallest absolute Gasteiger partial charge is 0.242 e. The maximum atomic E-state index is 12.3. The summed E-state index contributed by atoms with van der Waals surface area (Å²) in [5.41, 5.74) is 3.31. The Bertz CT molecular complexity index is 997. The van der Waals surface area contributed by atoms with Crippen molar-refractivity contribution in [3.8, 4) is 11.5 Å². The van der Waals surface area contributed by atoms with Crippen LogP contribution < -0.4 is 25.4 Å². The average Bonchev–Trinajstić information content (AvgIpc) is 2.96. The molecule has 0 spiro atoms. The summed E-state index contributed by atoms with van der Waals surface area (Å²) < 4.78 is 11.5. The summed E-state index contributed by atoms with van der Waals surface area (Å²) in [7, 11) is 0. The number of rotatable bonds is 5. The largest absolute Gasteiger partial charge is 0.490 e. The van der Waals surface area contributed by atoms with Gasteiger partial charge in [0, 0.05) is 36.2 Å². The molecule has 0 fully saturated rings. The summed E-state index contributed by atoms with van der Waals surface area (Å²) in [4.78, 5) is 16.8. The van der Waals surface area contributed by atoms with Gasteiger partial charge in [-0.05, 0) is 50.5 Å². The van der Waals surface area contributed by atoms with E-state index in [1.807, 2.05) is 39.0 Å². The van der Waals surface area contributed by atoms with E-state index >= 15 is 0 Å². The number of hydrogen-bond acceptors (Lipinski definition) is 4. The highest BCUT2D eigenvalue weighted by molar-refractivity contribution is 5.95. The molecule has 1 heterocycles. The molecular formula is C25H32N4O3. The van der Waals surface area contributed by atoms with Gasteiger partial charge >= 0.3 is 0 Å². The van der Waals surface area contributed by atoms with Gasteiger partial charge in [0.2, 0.25) is 5.91 Å². The number of hydrogen-bond donors (Lipinski definition) is 3. The van der Waals surface area contributed by atoms with Crippen LogP contribution >= 0.6 is 0 Å². The number of carbonyl (C=O) groups excluding carboxylic acids is 1. The summed E-state index contributed by atoms with van der Waals surface area (Å²) in [6.07, 6.45) is 1.91. The first-order valence-electron chi connectivity index (χ1n) is 11.2. The predicted octanol–water partition coefficient (Wildman–Crippen LogP) is 3.46. The molecule has 4 rings (SSSR count). The number of guanidine groups is 1. The zero-order valence-electron chi connectivity index (χ0n) is 19.0. The molecule has 0 radical (unpaired) electrons. The van der Waals surface area contributed by atoms with Crippen LogP contribution in [-0.4, -0.2) is 43.7 Å². The number of aliphatic imine (C=N–C) groups is 1. The Morgan fingerprint density at radius 2 is 1.88 bits per heavy atom. The number of anilines is 1. The lowest BCUT2D eigenvalue weighted by Gasteiger charge is -2.30. The van der Waals surface area contributed by atoms with Gasteiger partial charge in [-0.25, -0.2) is 4.99 Å². The van der Waals surface area contributed by atoms with Gasteiger partial charge in [-0.15, -0.1) is 0 Å². The fourth-order valence-electron chi connectivity index (χ4n) is 3.89. The molecule has 0 bridgehead atoms. The Morgan fingerprint density at radius 3 is 2.66 bits per heavy atom. The van der Waals surface area contributed by atoms with E-state index in [-0.39, 0.29) is 18.0 Å². The van der Waals surface area contributed by atoms with Crippen molar-refractivity contribution >= 4 is 17.6 Å². The Balaban J connectivity index is 1.45. The third kappa shape index (κ3) is 5.72. The van der Waals surface area contributed by atoms with Gasteiger partial charge < -0.3 is 25.4 Å². The minimum Gasteiger partial charge on any atom is -0.490 e. The topological polar surface area (TPSA) is 84.0 Å². The molecule has 170 valence electrons. The van der Waals surface area contributed by atoms with Crippen LogP contribution in [-0.2, 0) is 11.2 Å². The SMILES string of the molecule is CC(C)(C)NC(=O)CN=C(NCC1Cc2ccccc21)Nc1ccc2c(c1)OCCCO2. The Kier molecular flexibility index (Phi) is 6.53. The molecule has 3 N–H and O–H groups in total. The fourth-order valence-corrected chi connectivity index (χ4v) is 3.89. The second-order valence-electron chi connectivity index (χ2n) is 9.28. The number of benzene rings is 2. The van der Waals surface area contributed by atoms with Gasteiger partial charge in [-0.1, -0.05) is 24.3 Å². The third-order valence-corrected chi connectivity index (χ3v) is 5.38. The standard InChI is InChI=1S/C25H32N4O3/c1-25(2,3)29-23(30)16-27-24(26-15-18-13-17-7-4-5-8-20(17)18)28-19-9-10-21-22(14-19)32-12-6-11-31-21/h4-5,7-10,14,18H,6,11-13,15-16H2,1-3H3,(H,29,30)(H2,26,27,28). The van der Waals surface area contributed by atoms with Gasteiger partial charge in [-0.2, -0.15) is 0 Å². The second-order valence-corrected chi connectivity index (χ2v) is 9.28. The lowest BCUT2D eigenvalue weighted by molar-refractivity contribution is -0.121. The first-order valence-corrected chi connectivity index (χ1v) is 11.2. The van der Waals surface area contributed by atoms with E-state index in [1.165, 1.54) is 11.1 Å². The summed E-state index contributed by atoms with van der Waals surface area (Å²) >= 11 is 0. The molecule has 0 saturated heterocycles. The van der Waals surface area contributed by atoms with Gasteiger partial charge in [0.15, 0.2) is 17.5 Å². The first-order chi connectivity index (χ1) is 15.4. The van der Waals surface area contributed by atoms with Crippen molar-refractivity contribution in [1.82, 2.24) is 10.6 Å². The first kappa shape index (κ1) is 22.0. The lowest BCUT2D eigenvalue weighted by atomic mass is 9.78. The van der Waals surface area contributed by atoms with Crippen LogP contribution in [0.25, 0.3) is 0 Å². The van der Waals surface area contributed by atoms with Crippen molar-refractivity contribution in [3.05, 3.63) is 53.6 Å². The highest BCUT2D eigenvalue weighted by Crippen LogP contribution is 2.34. The van der Waals surface area contributed by atoms with Crippen molar-refractivity contribution in [3.63, 3.8) is 0 Å². The third-order valence-electron chi connectivity index (χ3n) is 5.38. The summed E-state index contributed by atoms with van der Waals surface area (Å²) in [5, 5.41) is 9.68. The van der Waals surface area contributed by atoms with E-state index in [1.54, 1.807) is 0 Å². The number of nitrogens with zero attached hydrogens (tertiary/aromatic N) is 1. The number of carbonyl (C=O) groups is 1. The molecule has 7 heteroatoms. The van der Waals surface area contributed by atoms with E-state index in [2.05, 4.69) is 45.2 Å². The van der Waals surface area contributed by atoms with Crippen LogP contribution in [0.2, 0.25) is 0 Å². The lowest BCUT2D eigenvalue weighted by Crippen LogP contribution is -2.43. The Hall–Kier alpha value is -3.22. The number of ether oxygens (including phenoxy) is 2. The molecule has 2 aromatic carbocycles. The number of nitrogens with one attached hydrogen (secondary N) is 3. The van der Waals surface area contributed by atoms with Gasteiger partial charge in [0.25, 0.3) is 0 Å². The van der Waals surface area contributed by atoms with Gasteiger partial charge in [0.1, 0.15) is 6.54 Å². The highest BCUT2D eigenvalue weighted by atomic mass is 16.5. The Labute approximate surface area is 189 Å². The molecule has 7 nitrogen and oxygen atoms in total. The maximum Gasteiger partial charge on any atom is 0.242 e. The zero-order chi connectivity index (χ0) is 22.6. The van der Waals surface area contributed by atoms with Crippen LogP contribution in [0.4, 0.5) is 5.69 Å². The summed E-state index contributed by atoms with van der Waals surface area (Å²) in [5.74, 6) is 2.34. The minimum absolute atomic E-state index is 0.0401. The van der Waals surface area contributed by atoms with Crippen LogP contribution in [0.3, 0.4) is 0 Å². The number of fused-ring (bicyclic) bond motifs is 2. The monoisotopic (exact) mass is 436 g/mol. The molecule has 1 amide bonds. The molecule has 0 aromatic heterocycles. The molecule has 2 aliphatic rings. The quantitative estimate of drug-likeness (QED) is 0.494. The van der Waals surface area contributed by atoms with Gasteiger partial charge in [-0.3, -0.25) is 4.79 Å². The van der Waals surface area contributed by atoms with Crippen LogP contribution in [0.5, 0.6) is 11.5 Å². The van der Waals surface area contributed by atoms with E-state index in [4.69, 9.17) is 9.47 Å². The second kappa shape index (κ2) is 9.51. The van der Waals surface area contributed by atoms with Crippen molar-refractivity contribution in [2.24, 2.45) is 4.99 Å². The van der Waals surface area contributed by atoms with E-state index < -0.39 is 0 Å². The summed E-state index contributed by atoms with van der Waals surface area (Å²) in [6, 6.07) is 14.2. The normalized spacial score (nSPS) is 17.5. The molecule has 1 aliphatic heterocycles. The van der Waals surface area contributed by atoms with E-state index in [9.17, 15) is 4.79 Å². The molecule has 1 atom stereocenters. The molecule has 0 saturated carbocycles. The fraction of sp³-hybridized carbons (Fsp3) is 0.440. The molecule has 32 heavy (non-hydrogen) atoms. The van der Waals surface area contributed by atoms with Crippen LogP contribution in [0, 0.1) is 0 Å². The molecular weight excluding hydrogens is 404 g/mol. The van der Waals surface area contributed by atoms with Crippen molar-refractivity contribution < 1.29 is 14.3 Å². The molecule has 1 aliphatic carbocycles. The van der Waals surface area contributed by atoms with Crippen molar-refractivity contribution in [1.29, 1.82) is 0 Å². The Morgan fingerprint density at radius 1 is 1.09 bits per heavy atom. The van der Waals surface area contributed by atoms with Crippen molar-refractivity contribution in [2.45, 2.75) is 45.1 Å². The van der Waals surface area contributed by atoms with Crippen molar-refractivity contribution in [2.75, 3.05) is 31.6 Å². The number of amides is 1. The molecule has 1 unspecified atom stereocenters. The van der Waals surface area contributed by atoms with Crippen LogP contribution in [0.1, 0.15) is 44.2 Å². The van der Waals surface area contributed by atoms with E-state index in [0.29, 0.717) is 30.8 Å². The predicted molar refractivity (Wildman–Crippen MR) is 127 cm³/mol.